The van der Waals surface area contributed by atoms with Gasteiger partial charge in [-0.2, -0.15) is 26.9 Å². The lowest BCUT2D eigenvalue weighted by Gasteiger charge is -2.32. The summed E-state index contributed by atoms with van der Waals surface area (Å²) in [5, 5.41) is 9.69. The Morgan fingerprint density at radius 3 is 2.42 bits per heavy atom. The summed E-state index contributed by atoms with van der Waals surface area (Å²) < 4.78 is 66.2. The van der Waals surface area contributed by atoms with Crippen molar-refractivity contribution in [2.75, 3.05) is 0 Å². The van der Waals surface area contributed by atoms with Crippen LogP contribution >= 0.6 is 0 Å². The van der Waals surface area contributed by atoms with Crippen LogP contribution in [-0.2, 0) is 15.5 Å². The van der Waals surface area contributed by atoms with Gasteiger partial charge in [0.05, 0.1) is 22.8 Å². The van der Waals surface area contributed by atoms with Crippen LogP contribution in [0, 0.1) is 11.3 Å². The molecule has 0 atom stereocenters. The minimum absolute atomic E-state index is 0.0414. The fourth-order valence-corrected chi connectivity index (χ4v) is 4.50. The van der Waals surface area contributed by atoms with Gasteiger partial charge in [0.1, 0.15) is 0 Å². The van der Waals surface area contributed by atoms with Gasteiger partial charge >= 0.3 is 15.6 Å². The van der Waals surface area contributed by atoms with Gasteiger partial charge in [-0.25, -0.2) is 0 Å². The molecule has 0 unspecified atom stereocenters. The fourth-order valence-electron chi connectivity index (χ4n) is 4.04. The molecular weight excluding hydrogens is 461 g/mol. The van der Waals surface area contributed by atoms with Crippen molar-refractivity contribution in [3.8, 4) is 11.8 Å². The van der Waals surface area contributed by atoms with E-state index in [1.807, 2.05) is 6.07 Å². The number of hydrogen-bond acceptors (Lipinski definition) is 6. The van der Waals surface area contributed by atoms with Crippen molar-refractivity contribution in [2.24, 2.45) is 0 Å². The Morgan fingerprint density at radius 2 is 1.85 bits per heavy atom. The summed E-state index contributed by atoms with van der Waals surface area (Å²) in [5.41, 5.74) is -5.36. The maximum Gasteiger partial charge on any atom is 0.534 e. The van der Waals surface area contributed by atoms with Gasteiger partial charge in [0.15, 0.2) is 17.3 Å². The third-order valence-corrected chi connectivity index (χ3v) is 6.65. The second kappa shape index (κ2) is 6.92. The van der Waals surface area contributed by atoms with Crippen molar-refractivity contribution in [3.63, 3.8) is 0 Å². The van der Waals surface area contributed by atoms with E-state index in [0.717, 1.165) is 19.1 Å². The number of benzene rings is 2. The number of carbonyl (C=O) groups excluding carboxylic acids is 2. The van der Waals surface area contributed by atoms with Gasteiger partial charge in [-0.05, 0) is 36.8 Å². The van der Waals surface area contributed by atoms with Crippen LogP contribution in [0.25, 0.3) is 10.9 Å². The highest BCUT2D eigenvalue weighted by Gasteiger charge is 2.49. The van der Waals surface area contributed by atoms with Crippen LogP contribution in [0.15, 0.2) is 30.3 Å². The van der Waals surface area contributed by atoms with Gasteiger partial charge < -0.3 is 9.17 Å². The monoisotopic (exact) mass is 476 g/mol. The zero-order valence-electron chi connectivity index (χ0n) is 17.4. The van der Waals surface area contributed by atoms with Crippen LogP contribution in [0.1, 0.15) is 63.9 Å². The molecule has 170 valence electrons. The van der Waals surface area contributed by atoms with Crippen LogP contribution in [-0.4, -0.2) is 30.5 Å². The summed E-state index contributed by atoms with van der Waals surface area (Å²) in [7, 11) is -6.05. The van der Waals surface area contributed by atoms with Crippen LogP contribution < -0.4 is 4.18 Å². The first-order valence-corrected chi connectivity index (χ1v) is 10.9. The smallest absolute Gasteiger partial charge is 0.375 e. The minimum Gasteiger partial charge on any atom is -0.375 e. The van der Waals surface area contributed by atoms with Crippen molar-refractivity contribution in [3.05, 3.63) is 63.8 Å². The summed E-state index contributed by atoms with van der Waals surface area (Å²) in [6.45, 7) is 4.40. The van der Waals surface area contributed by atoms with Crippen LogP contribution in [0.3, 0.4) is 0 Å². The van der Waals surface area contributed by atoms with Gasteiger partial charge in [0.25, 0.3) is 0 Å². The van der Waals surface area contributed by atoms with E-state index in [2.05, 4.69) is 9.17 Å². The van der Waals surface area contributed by atoms with Crippen LogP contribution in [0.5, 0.6) is 5.75 Å². The van der Waals surface area contributed by atoms with Gasteiger partial charge in [0, 0.05) is 27.6 Å². The fraction of sp³-hybridized carbons (Fsp3) is 0.227. The number of carbonyl (C=O) groups is 2. The predicted octanol–water partition coefficient (Wildman–Crippen LogP) is 4.34. The molecule has 1 aromatic heterocycles. The summed E-state index contributed by atoms with van der Waals surface area (Å²) in [5.74, 6) is -2.09. The maximum atomic E-state index is 13.4. The average molecular weight is 476 g/mol. The number of rotatable bonds is 3. The lowest BCUT2D eigenvalue weighted by molar-refractivity contribution is -0.0500. The van der Waals surface area contributed by atoms with E-state index in [1.165, 1.54) is 0 Å². The molecule has 0 saturated heterocycles. The minimum atomic E-state index is -6.05. The molecule has 11 heteroatoms. The van der Waals surface area contributed by atoms with E-state index < -0.39 is 43.9 Å². The van der Waals surface area contributed by atoms with Crippen molar-refractivity contribution < 1.29 is 35.4 Å². The molecule has 1 heterocycles. The van der Waals surface area contributed by atoms with Crippen molar-refractivity contribution in [1.29, 1.82) is 5.26 Å². The number of aromatic amines is 1. The zero-order chi connectivity index (χ0) is 24.5. The highest BCUT2D eigenvalue weighted by atomic mass is 32.2. The summed E-state index contributed by atoms with van der Waals surface area (Å²) >= 11 is 0. The standard InChI is InChI=1S/C22H15F3N2O5S/c1-10(28)13-7-14-15(8-17(13)32-33(30,31)22(23,24)25)21(2,3)20-18(19(14)29)12-5-4-11(9-26)6-16(12)27-20/h4-8,27H,1-3H3. The number of Topliss-reactive ketones (excluding diaryl/α,β-unsaturated/α-hetero) is 1. The first kappa shape index (κ1) is 22.5. The van der Waals surface area contributed by atoms with Gasteiger partial charge in [0.2, 0.25) is 0 Å². The molecule has 7 nitrogen and oxygen atoms in total. The molecule has 1 aliphatic rings. The number of alkyl halides is 3. The molecule has 4 rings (SSSR count). The Bertz CT molecular complexity index is 1530. The number of nitrogens with one attached hydrogen (secondary N) is 1. The second-order valence-electron chi connectivity index (χ2n) is 8.13. The second-order valence-corrected chi connectivity index (χ2v) is 9.67. The third kappa shape index (κ3) is 3.29. The van der Waals surface area contributed by atoms with Gasteiger partial charge in [-0.3, -0.25) is 9.59 Å². The summed E-state index contributed by atoms with van der Waals surface area (Å²) in [6.07, 6.45) is 0. The molecule has 0 aliphatic heterocycles. The molecule has 33 heavy (non-hydrogen) atoms. The third-order valence-electron chi connectivity index (χ3n) is 5.68. The van der Waals surface area contributed by atoms with E-state index >= 15 is 0 Å². The zero-order valence-corrected chi connectivity index (χ0v) is 18.2. The van der Waals surface area contributed by atoms with E-state index in [-0.39, 0.29) is 11.1 Å². The normalized spacial score (nSPS) is 15.0. The molecular formula is C22H15F3N2O5S. The van der Waals surface area contributed by atoms with Crippen LogP contribution in [0.2, 0.25) is 0 Å². The molecule has 3 aromatic rings. The van der Waals surface area contributed by atoms with Crippen LogP contribution in [0.4, 0.5) is 13.2 Å². The Kier molecular flexibility index (Phi) is 4.73. The first-order valence-electron chi connectivity index (χ1n) is 9.50. The van der Waals surface area contributed by atoms with Gasteiger partial charge in [-0.1, -0.05) is 19.9 Å². The largest absolute Gasteiger partial charge is 0.534 e. The van der Waals surface area contributed by atoms with Crippen molar-refractivity contribution in [1.82, 2.24) is 4.98 Å². The number of hydrogen-bond donors (Lipinski definition) is 1. The number of halogens is 3. The number of aromatic nitrogens is 1. The Labute approximate surface area is 185 Å². The quantitative estimate of drug-likeness (QED) is 0.341. The van der Waals surface area contributed by atoms with Crippen molar-refractivity contribution >= 4 is 32.6 Å². The highest BCUT2D eigenvalue weighted by Crippen LogP contribution is 2.46. The predicted molar refractivity (Wildman–Crippen MR) is 111 cm³/mol. The van der Waals surface area contributed by atoms with E-state index in [0.29, 0.717) is 27.7 Å². The number of nitrogens with zero attached hydrogens (tertiary/aromatic N) is 1. The number of fused-ring (bicyclic) bond motifs is 4. The number of ketones is 2. The number of nitriles is 1. The molecule has 1 N–H and O–H groups in total. The first-order chi connectivity index (χ1) is 15.2. The summed E-state index contributed by atoms with van der Waals surface area (Å²) in [4.78, 5) is 28.7. The maximum absolute atomic E-state index is 13.4. The lowest BCUT2D eigenvalue weighted by Crippen LogP contribution is -2.32. The molecule has 0 fully saturated rings. The lowest BCUT2D eigenvalue weighted by atomic mass is 9.70. The molecule has 2 aromatic carbocycles. The molecule has 0 amide bonds. The van der Waals surface area contributed by atoms with E-state index in [1.54, 1.807) is 32.0 Å². The van der Waals surface area contributed by atoms with E-state index in [9.17, 15) is 31.2 Å². The Balaban J connectivity index is 1.99. The van der Waals surface area contributed by atoms with Crippen molar-refractivity contribution in [2.45, 2.75) is 31.7 Å². The Hall–Kier alpha value is -3.65. The molecule has 0 bridgehead atoms. The molecule has 0 radical (unpaired) electrons. The van der Waals surface area contributed by atoms with E-state index in [4.69, 9.17) is 5.26 Å². The SMILES string of the molecule is CC(=O)c1cc2c(cc1OS(=O)(=O)C(F)(F)F)C(C)(C)c1[nH]c3cc(C#N)ccc3c1C2=O. The topological polar surface area (TPSA) is 117 Å². The molecule has 0 saturated carbocycles. The molecule has 1 aliphatic carbocycles. The van der Waals surface area contributed by atoms with Gasteiger partial charge in [-0.15, -0.1) is 0 Å². The average Bonchev–Trinajstić information content (AvgIpc) is 3.10. The highest BCUT2D eigenvalue weighted by molar-refractivity contribution is 7.88. The molecule has 0 spiro atoms. The summed E-state index contributed by atoms with van der Waals surface area (Å²) in [6, 6.07) is 8.78. The Morgan fingerprint density at radius 1 is 1.18 bits per heavy atom. The number of H-pyrrole nitrogens is 1.